The maximum absolute atomic E-state index is 9.77. The van der Waals surface area contributed by atoms with E-state index < -0.39 is 0 Å². The Morgan fingerprint density at radius 1 is 0.556 bits per heavy atom. The maximum Gasteiger partial charge on any atom is 0.135 e. The Balaban J connectivity index is 1.12. The third kappa shape index (κ3) is 7.82. The zero-order valence-electron chi connectivity index (χ0n) is 29.7. The van der Waals surface area contributed by atoms with Crippen LogP contribution in [0.25, 0.3) is 75.0 Å². The summed E-state index contributed by atoms with van der Waals surface area (Å²) in [7, 11) is 0. The van der Waals surface area contributed by atoms with Crippen molar-refractivity contribution >= 4 is 103 Å². The molecule has 3 nitrogen and oxygen atoms in total. The molecule has 0 amide bonds. The van der Waals surface area contributed by atoms with Crippen molar-refractivity contribution in [3.8, 4) is 58.0 Å². The lowest BCUT2D eigenvalue weighted by Crippen LogP contribution is -2.01. The first-order valence-electron chi connectivity index (χ1n) is 17.7. The van der Waals surface area contributed by atoms with Gasteiger partial charge in [0, 0.05) is 70.7 Å². The standard InChI is InChI=1S/C45H35NO2S6/c1-3-23-47-44-33-14-16-36(39-20-22-43(54-39)41-18-12-32(52-41)27-29(28-46)37-8-6-26-50-37)45(48-24-4-2)34(33)13-15-35(44)38-19-21-42(53-38)40-17-11-31(51-40)10-9-30-7-5-25-49-30/h5-22,25-27H,3-4,23-24H2,1-2H3/b10-9+,29-27+. The van der Waals surface area contributed by atoms with Crippen LogP contribution in [0.2, 0.25) is 0 Å². The van der Waals surface area contributed by atoms with Gasteiger partial charge in [-0.3, -0.25) is 0 Å². The van der Waals surface area contributed by atoms with Crippen molar-refractivity contribution in [3.05, 3.63) is 127 Å². The van der Waals surface area contributed by atoms with E-state index in [1.165, 1.54) is 34.1 Å². The fourth-order valence-electron chi connectivity index (χ4n) is 6.11. The molecule has 0 radical (unpaired) electrons. The van der Waals surface area contributed by atoms with Crippen LogP contribution in [0.15, 0.2) is 108 Å². The second-order valence-corrected chi connectivity index (χ2v) is 18.7. The number of rotatable bonds is 14. The van der Waals surface area contributed by atoms with Gasteiger partial charge in [-0.25, -0.2) is 0 Å². The molecule has 0 unspecified atom stereocenters. The number of hydrogen-bond donors (Lipinski definition) is 0. The molecule has 2 aromatic carbocycles. The van der Waals surface area contributed by atoms with E-state index in [1.54, 1.807) is 45.3 Å². The van der Waals surface area contributed by atoms with Crippen LogP contribution in [0.1, 0.15) is 46.2 Å². The van der Waals surface area contributed by atoms with Gasteiger partial charge in [0.1, 0.15) is 17.6 Å². The number of benzene rings is 2. The monoisotopic (exact) mass is 813 g/mol. The van der Waals surface area contributed by atoms with E-state index in [2.05, 4.69) is 122 Å². The largest absolute Gasteiger partial charge is 0.492 e. The summed E-state index contributed by atoms with van der Waals surface area (Å²) >= 11 is 10.4. The minimum absolute atomic E-state index is 0.628. The SMILES string of the molecule is CCCOc1c(-c2ccc(-c3ccc(/C=C/c4cccs4)s3)s2)ccc2c(OCCC)c(-c3ccc(-c4ccc(/C=C(\C#N)c5cccs5)s4)s3)ccc12. The second kappa shape index (κ2) is 16.9. The molecule has 0 bridgehead atoms. The van der Waals surface area contributed by atoms with Gasteiger partial charge < -0.3 is 9.47 Å². The molecule has 268 valence electrons. The number of nitrogens with zero attached hydrogens (tertiary/aromatic N) is 1. The summed E-state index contributed by atoms with van der Waals surface area (Å²) in [6.07, 6.45) is 8.21. The van der Waals surface area contributed by atoms with Gasteiger partial charge in [0.05, 0.1) is 18.8 Å². The zero-order valence-corrected chi connectivity index (χ0v) is 34.6. The van der Waals surface area contributed by atoms with Gasteiger partial charge in [-0.15, -0.1) is 68.0 Å². The molecule has 54 heavy (non-hydrogen) atoms. The third-order valence-corrected chi connectivity index (χ3v) is 15.1. The first kappa shape index (κ1) is 36.4. The first-order valence-corrected chi connectivity index (χ1v) is 22.8. The summed E-state index contributed by atoms with van der Waals surface area (Å²) < 4.78 is 13.2. The molecule has 0 saturated carbocycles. The summed E-state index contributed by atoms with van der Waals surface area (Å²) in [5.74, 6) is 1.81. The molecule has 0 fully saturated rings. The molecule has 6 heterocycles. The van der Waals surface area contributed by atoms with Gasteiger partial charge in [-0.05, 0) is 127 Å². The van der Waals surface area contributed by atoms with E-state index in [9.17, 15) is 5.26 Å². The van der Waals surface area contributed by atoms with Crippen LogP contribution in [0.4, 0.5) is 0 Å². The molecule has 0 aliphatic rings. The van der Waals surface area contributed by atoms with Crippen molar-refractivity contribution in [2.45, 2.75) is 26.7 Å². The van der Waals surface area contributed by atoms with E-state index in [4.69, 9.17) is 9.47 Å². The number of ether oxygens (including phenoxy) is 2. The molecule has 8 aromatic rings. The number of allylic oxidation sites excluding steroid dienone is 1. The zero-order chi connectivity index (χ0) is 36.9. The Kier molecular flexibility index (Phi) is 11.4. The molecule has 0 N–H and O–H groups in total. The summed E-state index contributed by atoms with van der Waals surface area (Å²) in [4.78, 5) is 11.8. The maximum atomic E-state index is 9.77. The number of nitriles is 1. The topological polar surface area (TPSA) is 42.2 Å². The summed E-state index contributed by atoms with van der Waals surface area (Å²) in [6.45, 7) is 5.56. The van der Waals surface area contributed by atoms with Crippen LogP contribution in [-0.2, 0) is 0 Å². The fraction of sp³-hybridized carbons (Fsp3) is 0.133. The van der Waals surface area contributed by atoms with E-state index in [0.29, 0.717) is 18.8 Å². The highest BCUT2D eigenvalue weighted by Crippen LogP contribution is 2.49. The normalized spacial score (nSPS) is 11.8. The van der Waals surface area contributed by atoms with Gasteiger partial charge in [0.25, 0.3) is 0 Å². The first-order chi connectivity index (χ1) is 26.6. The molecule has 0 saturated heterocycles. The van der Waals surface area contributed by atoms with Gasteiger partial charge in [0.2, 0.25) is 0 Å². The number of fused-ring (bicyclic) bond motifs is 1. The molecule has 6 aromatic heterocycles. The van der Waals surface area contributed by atoms with Crippen molar-refractivity contribution in [3.63, 3.8) is 0 Å². The number of thiophene rings is 6. The molecule has 9 heteroatoms. The summed E-state index contributed by atoms with van der Waals surface area (Å²) in [5, 5.41) is 16.0. The molecule has 0 aliphatic carbocycles. The Hall–Kier alpha value is -4.53. The molecule has 0 atom stereocenters. The average Bonchev–Trinajstić information content (AvgIpc) is 4.04. The van der Waals surface area contributed by atoms with Crippen LogP contribution < -0.4 is 9.47 Å². The van der Waals surface area contributed by atoms with Crippen molar-refractivity contribution in [1.29, 1.82) is 5.26 Å². The second-order valence-electron chi connectivity index (χ2n) is 12.4. The molecule has 8 rings (SSSR count). The van der Waals surface area contributed by atoms with Crippen LogP contribution in [0.5, 0.6) is 11.5 Å². The minimum Gasteiger partial charge on any atom is -0.492 e. The van der Waals surface area contributed by atoms with Crippen LogP contribution in [0.3, 0.4) is 0 Å². The van der Waals surface area contributed by atoms with Crippen molar-refractivity contribution in [2.24, 2.45) is 0 Å². The quantitative estimate of drug-likeness (QED) is 0.103. The number of hydrogen-bond acceptors (Lipinski definition) is 9. The van der Waals surface area contributed by atoms with E-state index >= 15 is 0 Å². The Morgan fingerprint density at radius 3 is 1.63 bits per heavy atom. The van der Waals surface area contributed by atoms with Gasteiger partial charge in [0.15, 0.2) is 0 Å². The van der Waals surface area contributed by atoms with E-state index in [1.807, 2.05) is 46.3 Å². The van der Waals surface area contributed by atoms with E-state index in [0.717, 1.165) is 60.9 Å². The van der Waals surface area contributed by atoms with Gasteiger partial charge >= 0.3 is 0 Å². The van der Waals surface area contributed by atoms with Crippen LogP contribution >= 0.6 is 68.0 Å². The van der Waals surface area contributed by atoms with Crippen molar-refractivity contribution in [2.75, 3.05) is 13.2 Å². The van der Waals surface area contributed by atoms with Crippen LogP contribution in [-0.4, -0.2) is 13.2 Å². The van der Waals surface area contributed by atoms with Gasteiger partial charge in [-0.1, -0.05) is 26.0 Å². The van der Waals surface area contributed by atoms with Gasteiger partial charge in [-0.2, -0.15) is 5.26 Å². The van der Waals surface area contributed by atoms with Crippen LogP contribution in [0, 0.1) is 11.3 Å². The lowest BCUT2D eigenvalue weighted by Gasteiger charge is -2.18. The highest BCUT2D eigenvalue weighted by Gasteiger charge is 2.20. The Labute approximate surface area is 340 Å². The summed E-state index contributed by atoms with van der Waals surface area (Å²) in [5.41, 5.74) is 2.89. The predicted molar refractivity (Wildman–Crippen MR) is 240 cm³/mol. The minimum atomic E-state index is 0.628. The molecule has 0 aliphatic heterocycles. The molecular formula is C45H35NO2S6. The lowest BCUT2D eigenvalue weighted by atomic mass is 9.99. The van der Waals surface area contributed by atoms with E-state index in [-0.39, 0.29) is 0 Å². The summed E-state index contributed by atoms with van der Waals surface area (Å²) in [6, 6.07) is 36.9. The third-order valence-electron chi connectivity index (χ3n) is 8.63. The molecule has 0 spiro atoms. The molecular weight excluding hydrogens is 779 g/mol. The fourth-order valence-corrected chi connectivity index (χ4v) is 11.5. The lowest BCUT2D eigenvalue weighted by molar-refractivity contribution is 0.319. The van der Waals surface area contributed by atoms with Crippen molar-refractivity contribution in [1.82, 2.24) is 0 Å². The Morgan fingerprint density at radius 2 is 1.07 bits per heavy atom. The highest BCUT2D eigenvalue weighted by molar-refractivity contribution is 7.25. The average molecular weight is 814 g/mol. The predicted octanol–water partition coefficient (Wildman–Crippen LogP) is 15.7. The Bertz CT molecular complexity index is 2600. The smallest absolute Gasteiger partial charge is 0.135 e. The van der Waals surface area contributed by atoms with Crippen molar-refractivity contribution < 1.29 is 9.47 Å². The highest BCUT2D eigenvalue weighted by atomic mass is 32.1.